The van der Waals surface area contributed by atoms with E-state index < -0.39 is 11.8 Å². The molecular weight excluding hydrogens is 298 g/mol. The lowest BCUT2D eigenvalue weighted by atomic mass is 9.78. The zero-order valence-corrected chi connectivity index (χ0v) is 13.7. The normalized spacial score (nSPS) is 29.7. The first-order valence-corrected chi connectivity index (χ1v) is 8.44. The first kappa shape index (κ1) is 16.5. The number of likely N-dealkylation sites (tertiary alicyclic amines) is 1. The van der Waals surface area contributed by atoms with Crippen LogP contribution < -0.4 is 0 Å². The molecule has 0 N–H and O–H groups in total. The molecule has 2 heterocycles. The Balaban J connectivity index is 1.76. The molecule has 23 heavy (non-hydrogen) atoms. The summed E-state index contributed by atoms with van der Waals surface area (Å²) in [6, 6.07) is -0.491. The number of nitrogens with zero attached hydrogens (tertiary/aromatic N) is 1. The number of carbonyl (C=O) groups excluding carboxylic acids is 2. The highest BCUT2D eigenvalue weighted by molar-refractivity contribution is 5.96. The molecule has 0 aromatic heterocycles. The van der Waals surface area contributed by atoms with E-state index in [9.17, 15) is 9.59 Å². The van der Waals surface area contributed by atoms with E-state index in [1.807, 2.05) is 0 Å². The van der Waals surface area contributed by atoms with Crippen LogP contribution in [0.1, 0.15) is 38.5 Å². The van der Waals surface area contributed by atoms with Crippen molar-refractivity contribution >= 4 is 11.9 Å². The molecule has 1 saturated carbocycles. The number of hydrogen-bond donors (Lipinski definition) is 0. The first-order valence-electron chi connectivity index (χ1n) is 8.44. The van der Waals surface area contributed by atoms with E-state index in [0.717, 1.165) is 32.1 Å². The van der Waals surface area contributed by atoms with Crippen LogP contribution in [0.2, 0.25) is 0 Å². The van der Waals surface area contributed by atoms with Crippen molar-refractivity contribution in [3.63, 3.8) is 0 Å². The Kier molecular flexibility index (Phi) is 4.73. The molecule has 3 fully saturated rings. The molecule has 1 spiro atoms. The van der Waals surface area contributed by atoms with Gasteiger partial charge in [0, 0.05) is 24.5 Å². The minimum Gasteiger partial charge on any atom is -0.467 e. The molecule has 3 aliphatic rings. The van der Waals surface area contributed by atoms with Crippen molar-refractivity contribution in [1.82, 2.24) is 4.90 Å². The number of ether oxygens (including phenoxy) is 3. The third-order valence-corrected chi connectivity index (χ3v) is 5.26. The molecule has 6 heteroatoms. The van der Waals surface area contributed by atoms with E-state index in [4.69, 9.17) is 14.2 Å². The van der Waals surface area contributed by atoms with Crippen LogP contribution in [-0.4, -0.2) is 55.5 Å². The maximum absolute atomic E-state index is 12.9. The lowest BCUT2D eigenvalue weighted by molar-refractivity contribution is -0.204. The molecule has 6 nitrogen and oxygen atoms in total. The molecule has 0 radical (unpaired) electrons. The van der Waals surface area contributed by atoms with Gasteiger partial charge in [-0.2, -0.15) is 0 Å². The lowest BCUT2D eigenvalue weighted by Crippen LogP contribution is -2.48. The molecule has 1 amide bonds. The second-order valence-corrected chi connectivity index (χ2v) is 6.51. The third kappa shape index (κ3) is 2.90. The molecule has 3 rings (SSSR count). The predicted molar refractivity (Wildman–Crippen MR) is 82.5 cm³/mol. The van der Waals surface area contributed by atoms with E-state index in [2.05, 4.69) is 6.58 Å². The fourth-order valence-corrected chi connectivity index (χ4v) is 4.09. The van der Waals surface area contributed by atoms with Crippen LogP contribution in [0.4, 0.5) is 0 Å². The molecule has 128 valence electrons. The largest absolute Gasteiger partial charge is 0.467 e. The number of methoxy groups -OCH3 is 1. The van der Waals surface area contributed by atoms with Gasteiger partial charge in [0.05, 0.1) is 20.3 Å². The van der Waals surface area contributed by atoms with Gasteiger partial charge in [0.1, 0.15) is 6.04 Å². The van der Waals surface area contributed by atoms with Gasteiger partial charge in [-0.15, -0.1) is 0 Å². The molecule has 0 aromatic carbocycles. The predicted octanol–water partition coefficient (Wildman–Crippen LogP) is 1.64. The summed E-state index contributed by atoms with van der Waals surface area (Å²) in [5.41, 5.74) is 0.502. The molecular formula is C17H25NO5. The molecule has 2 saturated heterocycles. The zero-order valence-electron chi connectivity index (χ0n) is 13.7. The average Bonchev–Trinajstić information content (AvgIpc) is 3.23. The van der Waals surface area contributed by atoms with E-state index >= 15 is 0 Å². The first-order chi connectivity index (χ1) is 11.1. The Hall–Kier alpha value is -1.40. The maximum atomic E-state index is 12.9. The van der Waals surface area contributed by atoms with Crippen molar-refractivity contribution in [2.24, 2.45) is 5.92 Å². The van der Waals surface area contributed by atoms with Crippen LogP contribution >= 0.6 is 0 Å². The molecule has 0 aromatic rings. The summed E-state index contributed by atoms with van der Waals surface area (Å²) < 4.78 is 16.6. The van der Waals surface area contributed by atoms with Crippen LogP contribution in [-0.2, 0) is 23.8 Å². The average molecular weight is 323 g/mol. The van der Waals surface area contributed by atoms with Gasteiger partial charge in [-0.1, -0.05) is 13.0 Å². The van der Waals surface area contributed by atoms with E-state index in [0.29, 0.717) is 31.8 Å². The molecule has 2 atom stereocenters. The van der Waals surface area contributed by atoms with Crippen molar-refractivity contribution in [1.29, 1.82) is 0 Å². The van der Waals surface area contributed by atoms with Crippen molar-refractivity contribution in [3.05, 3.63) is 12.2 Å². The van der Waals surface area contributed by atoms with Crippen LogP contribution in [0, 0.1) is 5.92 Å². The van der Waals surface area contributed by atoms with Gasteiger partial charge in [0.25, 0.3) is 0 Å². The number of rotatable bonds is 3. The molecule has 2 unspecified atom stereocenters. The Morgan fingerprint density at radius 3 is 2.61 bits per heavy atom. The summed E-state index contributed by atoms with van der Waals surface area (Å²) in [7, 11) is 1.36. The minimum absolute atomic E-state index is 0.134. The van der Waals surface area contributed by atoms with Crippen LogP contribution in [0.5, 0.6) is 0 Å². The molecule has 1 aliphatic carbocycles. The van der Waals surface area contributed by atoms with Crippen molar-refractivity contribution < 1.29 is 23.8 Å². The van der Waals surface area contributed by atoms with Gasteiger partial charge in [-0.3, -0.25) is 4.79 Å². The smallest absolute Gasteiger partial charge is 0.328 e. The fourth-order valence-electron chi connectivity index (χ4n) is 4.09. The Morgan fingerprint density at radius 2 is 1.91 bits per heavy atom. The Bertz CT molecular complexity index is 497. The highest BCUT2D eigenvalue weighted by atomic mass is 16.7. The topological polar surface area (TPSA) is 65.1 Å². The fraction of sp³-hybridized carbons (Fsp3) is 0.765. The van der Waals surface area contributed by atoms with Crippen molar-refractivity contribution in [2.45, 2.75) is 50.4 Å². The summed E-state index contributed by atoms with van der Waals surface area (Å²) in [6.07, 6.45) is 5.15. The second-order valence-electron chi connectivity index (χ2n) is 6.51. The van der Waals surface area contributed by atoms with Gasteiger partial charge in [0.15, 0.2) is 5.79 Å². The van der Waals surface area contributed by atoms with Crippen LogP contribution in [0.3, 0.4) is 0 Å². The molecule has 2 aliphatic heterocycles. The number of hydrogen-bond acceptors (Lipinski definition) is 5. The number of carbonyl (C=O) groups is 2. The van der Waals surface area contributed by atoms with E-state index in [1.165, 1.54) is 7.11 Å². The van der Waals surface area contributed by atoms with Crippen LogP contribution in [0.15, 0.2) is 12.2 Å². The monoisotopic (exact) mass is 323 g/mol. The van der Waals surface area contributed by atoms with Gasteiger partial charge in [-0.05, 0) is 25.7 Å². The lowest BCUT2D eigenvalue weighted by Gasteiger charge is -2.40. The van der Waals surface area contributed by atoms with Gasteiger partial charge < -0.3 is 19.1 Å². The Labute approximate surface area is 136 Å². The van der Waals surface area contributed by atoms with Gasteiger partial charge in [-0.25, -0.2) is 4.79 Å². The highest BCUT2D eigenvalue weighted by Gasteiger charge is 2.49. The SMILES string of the molecule is C=C(C(=O)N1CCCC1C(=O)OC)C1CCCCC12OCCO2. The maximum Gasteiger partial charge on any atom is 0.328 e. The summed E-state index contributed by atoms with van der Waals surface area (Å²) >= 11 is 0. The molecule has 0 bridgehead atoms. The van der Waals surface area contributed by atoms with Crippen molar-refractivity contribution in [2.75, 3.05) is 26.9 Å². The third-order valence-electron chi connectivity index (χ3n) is 5.26. The second kappa shape index (κ2) is 6.61. The standard InChI is InChI=1S/C17H25NO5/c1-12(13-6-3-4-8-17(13)22-10-11-23-17)15(19)18-9-5-7-14(18)16(20)21-2/h13-14H,1,3-11H2,2H3. The minimum atomic E-state index is -0.689. The quantitative estimate of drug-likeness (QED) is 0.583. The zero-order chi connectivity index (χ0) is 16.4. The summed E-state index contributed by atoms with van der Waals surface area (Å²) in [5.74, 6) is -1.34. The van der Waals surface area contributed by atoms with E-state index in [-0.39, 0.29) is 17.8 Å². The Morgan fingerprint density at radius 1 is 1.17 bits per heavy atom. The van der Waals surface area contributed by atoms with Crippen LogP contribution in [0.25, 0.3) is 0 Å². The van der Waals surface area contributed by atoms with E-state index in [1.54, 1.807) is 4.90 Å². The summed E-state index contributed by atoms with van der Waals surface area (Å²) in [4.78, 5) is 26.4. The highest BCUT2D eigenvalue weighted by Crippen LogP contribution is 2.44. The van der Waals surface area contributed by atoms with Crippen molar-refractivity contribution in [3.8, 4) is 0 Å². The van der Waals surface area contributed by atoms with Gasteiger partial charge >= 0.3 is 5.97 Å². The number of amides is 1. The number of esters is 1. The summed E-state index contributed by atoms with van der Waals surface area (Å²) in [5, 5.41) is 0. The van der Waals surface area contributed by atoms with Gasteiger partial charge in [0.2, 0.25) is 5.91 Å². The summed E-state index contributed by atoms with van der Waals surface area (Å²) in [6.45, 7) is 5.75.